The van der Waals surface area contributed by atoms with E-state index in [2.05, 4.69) is 187 Å². The molecule has 48 heavy (non-hydrogen) atoms. The van der Waals surface area contributed by atoms with E-state index in [0.717, 1.165) is 12.8 Å². The lowest BCUT2D eigenvalue weighted by molar-refractivity contribution is -0.660. The molecule has 0 saturated carbocycles. The zero-order valence-electron chi connectivity index (χ0n) is 29.6. The van der Waals surface area contributed by atoms with Crippen LogP contribution in [-0.4, -0.2) is 0 Å². The van der Waals surface area contributed by atoms with Crippen molar-refractivity contribution in [2.24, 2.45) is 13.0 Å². The van der Waals surface area contributed by atoms with E-state index >= 15 is 0 Å². The van der Waals surface area contributed by atoms with Crippen LogP contribution in [0.25, 0.3) is 44.8 Å². The van der Waals surface area contributed by atoms with Gasteiger partial charge >= 0.3 is 0 Å². The molecular weight excluding hydrogens is 579 g/mol. The summed E-state index contributed by atoms with van der Waals surface area (Å²) < 4.78 is 2.30. The first-order valence-electron chi connectivity index (χ1n) is 17.5. The highest BCUT2D eigenvalue weighted by Gasteiger charge is 2.38. The van der Waals surface area contributed by atoms with E-state index in [1.165, 1.54) is 72.1 Å². The third-order valence-electron chi connectivity index (χ3n) is 10.7. The van der Waals surface area contributed by atoms with Crippen molar-refractivity contribution in [1.82, 2.24) is 0 Å². The Hall–Kier alpha value is -4.75. The second-order valence-electron chi connectivity index (χ2n) is 15.3. The van der Waals surface area contributed by atoms with Crippen LogP contribution >= 0.6 is 0 Å². The molecule has 1 heterocycles. The van der Waals surface area contributed by atoms with Gasteiger partial charge in [0.1, 0.15) is 7.05 Å². The maximum atomic E-state index is 2.51. The third kappa shape index (κ3) is 5.70. The van der Waals surface area contributed by atoms with Crippen molar-refractivity contribution < 1.29 is 4.57 Å². The predicted octanol–water partition coefficient (Wildman–Crippen LogP) is 11.9. The van der Waals surface area contributed by atoms with E-state index in [4.69, 9.17) is 0 Å². The highest BCUT2D eigenvalue weighted by molar-refractivity contribution is 5.98. The van der Waals surface area contributed by atoms with Crippen molar-refractivity contribution in [2.75, 3.05) is 0 Å². The van der Waals surface area contributed by atoms with Crippen LogP contribution in [0.1, 0.15) is 80.8 Å². The van der Waals surface area contributed by atoms with Gasteiger partial charge in [0, 0.05) is 17.5 Å². The molecule has 240 valence electrons. The first-order chi connectivity index (χ1) is 23.0. The van der Waals surface area contributed by atoms with E-state index in [9.17, 15) is 0 Å². The topological polar surface area (TPSA) is 3.88 Å². The van der Waals surface area contributed by atoms with E-state index in [1.54, 1.807) is 0 Å². The Morgan fingerprint density at radius 3 is 2.42 bits per heavy atom. The number of aromatic nitrogens is 1. The SMILES string of the molecule is Cc1ccccc1/C1=C/C=C\C=C\CC1C/C=C\c1cc2c(cc1-c1cc(C(C)(C)C)cc[n+]1C)C(C)(C)c1c-2ccc2ccccc12. The fourth-order valence-corrected chi connectivity index (χ4v) is 7.92. The first-order valence-corrected chi connectivity index (χ1v) is 17.5. The Balaban J connectivity index is 1.37. The number of aryl methyl sites for hydroxylation is 2. The van der Waals surface area contributed by atoms with Gasteiger partial charge < -0.3 is 0 Å². The molecule has 0 aliphatic heterocycles. The Bertz CT molecular complexity index is 2160. The number of pyridine rings is 1. The molecular formula is C47H48N+. The van der Waals surface area contributed by atoms with Crippen LogP contribution in [0, 0.1) is 12.8 Å². The van der Waals surface area contributed by atoms with Gasteiger partial charge in [-0.05, 0) is 104 Å². The van der Waals surface area contributed by atoms with E-state index < -0.39 is 0 Å². The van der Waals surface area contributed by atoms with Crippen LogP contribution in [0.15, 0.2) is 128 Å². The summed E-state index contributed by atoms with van der Waals surface area (Å²) in [7, 11) is 2.18. The van der Waals surface area contributed by atoms with Gasteiger partial charge in [-0.25, -0.2) is 4.57 Å². The lowest BCUT2D eigenvalue weighted by atomic mass is 9.79. The van der Waals surface area contributed by atoms with Crippen molar-refractivity contribution in [2.45, 2.75) is 65.2 Å². The lowest BCUT2D eigenvalue weighted by Gasteiger charge is -2.24. The molecule has 0 saturated heterocycles. The molecule has 0 spiro atoms. The number of rotatable bonds is 5. The monoisotopic (exact) mass is 626 g/mol. The fraction of sp³-hybridized carbons (Fsp3) is 0.255. The summed E-state index contributed by atoms with van der Waals surface area (Å²) in [5.41, 5.74) is 14.8. The number of fused-ring (bicyclic) bond motifs is 5. The first kappa shape index (κ1) is 31.8. The van der Waals surface area contributed by atoms with Crippen LogP contribution in [-0.2, 0) is 17.9 Å². The average Bonchev–Trinajstić information content (AvgIpc) is 3.27. The molecule has 5 aromatic rings. The molecule has 0 N–H and O–H groups in total. The molecule has 1 heteroatoms. The number of benzene rings is 4. The minimum Gasteiger partial charge on any atom is -0.201 e. The molecule has 1 aromatic heterocycles. The Morgan fingerprint density at radius 1 is 0.812 bits per heavy atom. The highest BCUT2D eigenvalue weighted by atomic mass is 14.9. The molecule has 2 aliphatic carbocycles. The van der Waals surface area contributed by atoms with Crippen molar-refractivity contribution in [3.63, 3.8) is 0 Å². The maximum Gasteiger partial charge on any atom is 0.213 e. The fourth-order valence-electron chi connectivity index (χ4n) is 7.92. The van der Waals surface area contributed by atoms with Crippen molar-refractivity contribution in [3.8, 4) is 22.4 Å². The van der Waals surface area contributed by atoms with Gasteiger partial charge in [0.2, 0.25) is 5.69 Å². The molecule has 0 amide bonds. The number of hydrogen-bond donors (Lipinski definition) is 0. The van der Waals surface area contributed by atoms with E-state index in [1.807, 2.05) is 0 Å². The van der Waals surface area contributed by atoms with Gasteiger partial charge in [-0.15, -0.1) is 0 Å². The summed E-state index contributed by atoms with van der Waals surface area (Å²) in [4.78, 5) is 0. The van der Waals surface area contributed by atoms with Crippen LogP contribution < -0.4 is 4.57 Å². The second kappa shape index (κ2) is 12.4. The van der Waals surface area contributed by atoms with Crippen molar-refractivity contribution >= 4 is 22.4 Å². The van der Waals surface area contributed by atoms with Gasteiger partial charge in [0.15, 0.2) is 6.20 Å². The number of allylic oxidation sites excluding steroid dienone is 7. The van der Waals surface area contributed by atoms with Gasteiger partial charge in [0.05, 0.1) is 5.56 Å². The standard InChI is InChI=1S/C47H48N/c1-32-17-12-14-22-37(32)38-23-11-9-8-10-18-33(38)20-16-21-35-29-42-40-26-25-34-19-13-15-24-39(34)45(40)47(5,6)43(42)31-41(35)44-30-36(46(2,3)4)27-28-48(44)7/h8-17,19,21-31,33H,18,20H2,1-7H3/q+1/b10-8+,11-9-,21-16-,38-23+. The summed E-state index contributed by atoms with van der Waals surface area (Å²) in [6.45, 7) is 14.0. The number of hydrogen-bond acceptors (Lipinski definition) is 0. The van der Waals surface area contributed by atoms with Gasteiger partial charge in [0.25, 0.3) is 0 Å². The summed E-state index contributed by atoms with van der Waals surface area (Å²) in [5.74, 6) is 0.396. The maximum absolute atomic E-state index is 2.51. The molecule has 2 aliphatic rings. The number of nitrogens with zero attached hydrogens (tertiary/aromatic N) is 1. The van der Waals surface area contributed by atoms with Gasteiger partial charge in [-0.3, -0.25) is 0 Å². The Labute approximate surface area is 287 Å². The third-order valence-corrected chi connectivity index (χ3v) is 10.7. The largest absolute Gasteiger partial charge is 0.213 e. The summed E-state index contributed by atoms with van der Waals surface area (Å²) >= 11 is 0. The van der Waals surface area contributed by atoms with Gasteiger partial charge in [-0.1, -0.05) is 138 Å². The second-order valence-corrected chi connectivity index (χ2v) is 15.3. The molecule has 4 aromatic carbocycles. The molecule has 1 nitrogen and oxygen atoms in total. The van der Waals surface area contributed by atoms with Crippen molar-refractivity contribution in [1.29, 1.82) is 0 Å². The minimum absolute atomic E-state index is 0.0582. The van der Waals surface area contributed by atoms with Crippen LogP contribution in [0.4, 0.5) is 0 Å². The normalized spacial score (nSPS) is 19.3. The molecule has 1 unspecified atom stereocenters. The van der Waals surface area contributed by atoms with Crippen molar-refractivity contribution in [3.05, 3.63) is 161 Å². The highest BCUT2D eigenvalue weighted by Crippen LogP contribution is 2.53. The zero-order valence-corrected chi connectivity index (χ0v) is 29.6. The summed E-state index contributed by atoms with van der Waals surface area (Å²) in [5, 5.41) is 2.67. The molecule has 0 fully saturated rings. The molecule has 1 atom stereocenters. The zero-order chi connectivity index (χ0) is 33.6. The molecule has 0 radical (unpaired) electrons. The van der Waals surface area contributed by atoms with Crippen LogP contribution in [0.3, 0.4) is 0 Å². The molecule has 7 rings (SSSR count). The Kier molecular flexibility index (Phi) is 8.20. The van der Waals surface area contributed by atoms with Crippen LogP contribution in [0.2, 0.25) is 0 Å². The summed E-state index contributed by atoms with van der Waals surface area (Å²) in [6.07, 6.45) is 20.2. The average molecular weight is 627 g/mol. The quantitative estimate of drug-likeness (QED) is 0.171. The van der Waals surface area contributed by atoms with E-state index in [0.29, 0.717) is 5.92 Å². The minimum atomic E-state index is -0.116. The smallest absolute Gasteiger partial charge is 0.201 e. The van der Waals surface area contributed by atoms with E-state index in [-0.39, 0.29) is 10.8 Å². The van der Waals surface area contributed by atoms with Crippen LogP contribution in [0.5, 0.6) is 0 Å². The summed E-state index contributed by atoms with van der Waals surface area (Å²) in [6, 6.07) is 32.0. The Morgan fingerprint density at radius 2 is 1.60 bits per heavy atom. The molecule has 0 bridgehead atoms. The lowest BCUT2D eigenvalue weighted by Crippen LogP contribution is -2.32. The predicted molar refractivity (Wildman–Crippen MR) is 206 cm³/mol. The van der Waals surface area contributed by atoms with Gasteiger partial charge in [-0.2, -0.15) is 0 Å².